The molecule has 0 radical (unpaired) electrons. The molecule has 0 aliphatic heterocycles. The number of likely N-dealkylation sites (N-methyl/N-ethyl adjacent to an activating group) is 1. The summed E-state index contributed by atoms with van der Waals surface area (Å²) in [5.41, 5.74) is 4.43. The largest absolute Gasteiger partial charge is 0.357 e. The zero-order valence-corrected chi connectivity index (χ0v) is 20.4. The Balaban J connectivity index is 1.79. The Morgan fingerprint density at radius 1 is 0.848 bits per heavy atom. The van der Waals surface area contributed by atoms with E-state index in [2.05, 4.69) is 36.5 Å². The van der Waals surface area contributed by atoms with Crippen LogP contribution in [0, 0.1) is 13.8 Å². The molecular weight excluding hydrogens is 428 g/mol. The summed E-state index contributed by atoms with van der Waals surface area (Å²) in [4.78, 5) is 29.3. The van der Waals surface area contributed by atoms with Gasteiger partial charge in [0.05, 0.1) is 0 Å². The minimum atomic E-state index is -0.574. The zero-order chi connectivity index (χ0) is 23.6. The number of aryl methyl sites for hydroxylation is 2. The van der Waals surface area contributed by atoms with Crippen molar-refractivity contribution in [1.82, 2.24) is 10.2 Å². The van der Waals surface area contributed by atoms with Crippen molar-refractivity contribution in [2.45, 2.75) is 44.2 Å². The topological polar surface area (TPSA) is 49.4 Å². The van der Waals surface area contributed by atoms with Crippen molar-refractivity contribution >= 4 is 23.6 Å². The molecule has 0 spiro atoms. The van der Waals surface area contributed by atoms with Crippen LogP contribution in [0.1, 0.15) is 28.7 Å². The van der Waals surface area contributed by atoms with Crippen molar-refractivity contribution in [3.05, 3.63) is 101 Å². The highest BCUT2D eigenvalue weighted by molar-refractivity contribution is 7.99. The van der Waals surface area contributed by atoms with Crippen LogP contribution in [0.3, 0.4) is 0 Å². The lowest BCUT2D eigenvalue weighted by atomic mass is 10.0. The highest BCUT2D eigenvalue weighted by Gasteiger charge is 2.29. The van der Waals surface area contributed by atoms with Crippen LogP contribution in [0.25, 0.3) is 0 Å². The van der Waals surface area contributed by atoms with Gasteiger partial charge < -0.3 is 10.2 Å². The lowest BCUT2D eigenvalue weighted by molar-refractivity contribution is -0.140. The van der Waals surface area contributed by atoms with Crippen molar-refractivity contribution in [1.29, 1.82) is 0 Å². The van der Waals surface area contributed by atoms with Crippen molar-refractivity contribution in [2.24, 2.45) is 0 Å². The molecule has 4 nitrogen and oxygen atoms in total. The fraction of sp³-hybridized carbons (Fsp3) is 0.286. The summed E-state index contributed by atoms with van der Waals surface area (Å²) in [7, 11) is 1.63. The van der Waals surface area contributed by atoms with Crippen LogP contribution < -0.4 is 5.32 Å². The van der Waals surface area contributed by atoms with Gasteiger partial charge in [-0.25, -0.2) is 0 Å². The number of thioether (sulfide) groups is 1. The molecule has 0 fully saturated rings. The van der Waals surface area contributed by atoms with Crippen LogP contribution in [-0.2, 0) is 22.6 Å². The molecule has 2 amide bonds. The number of hydrogen-bond donors (Lipinski definition) is 1. The van der Waals surface area contributed by atoms with Gasteiger partial charge in [0, 0.05) is 37.1 Å². The highest BCUT2D eigenvalue weighted by Crippen LogP contribution is 2.21. The highest BCUT2D eigenvalue weighted by atomic mass is 32.2. The van der Waals surface area contributed by atoms with Crippen molar-refractivity contribution < 1.29 is 9.59 Å². The zero-order valence-electron chi connectivity index (χ0n) is 19.6. The van der Waals surface area contributed by atoms with E-state index in [9.17, 15) is 9.59 Å². The van der Waals surface area contributed by atoms with E-state index >= 15 is 0 Å². The van der Waals surface area contributed by atoms with E-state index < -0.39 is 6.04 Å². The van der Waals surface area contributed by atoms with Crippen LogP contribution in [-0.4, -0.2) is 35.6 Å². The quantitative estimate of drug-likeness (QED) is 0.425. The number of rotatable bonds is 10. The minimum Gasteiger partial charge on any atom is -0.357 e. The standard InChI is InChI=1S/C28H32N2O2S/c1-21-9-13-24(14-10-21)20-30(26(28(32)29-3)19-23-7-5-4-6-8-23)27(31)17-18-33-25-15-11-22(2)12-16-25/h4-16,26H,17-20H2,1-3H3,(H,29,32). The van der Waals surface area contributed by atoms with Crippen molar-refractivity contribution in [3.8, 4) is 0 Å². The summed E-state index contributed by atoms with van der Waals surface area (Å²) >= 11 is 1.66. The van der Waals surface area contributed by atoms with Gasteiger partial charge in [-0.1, -0.05) is 77.9 Å². The molecule has 172 valence electrons. The fourth-order valence-corrected chi connectivity index (χ4v) is 4.49. The number of benzene rings is 3. The maximum absolute atomic E-state index is 13.4. The Labute approximate surface area is 201 Å². The molecular formula is C28H32N2O2S. The Kier molecular flexibility index (Phi) is 9.14. The molecule has 0 heterocycles. The summed E-state index contributed by atoms with van der Waals surface area (Å²) in [5.74, 6) is 0.503. The Bertz CT molecular complexity index is 1030. The first-order valence-corrected chi connectivity index (χ1v) is 12.2. The molecule has 5 heteroatoms. The number of nitrogens with zero attached hydrogens (tertiary/aromatic N) is 1. The third kappa shape index (κ3) is 7.50. The van der Waals surface area contributed by atoms with Gasteiger partial charge in [-0.3, -0.25) is 9.59 Å². The van der Waals surface area contributed by atoms with Crippen LogP contribution >= 0.6 is 11.8 Å². The van der Waals surface area contributed by atoms with Crippen LogP contribution in [0.5, 0.6) is 0 Å². The molecule has 0 aromatic heterocycles. The van der Waals surface area contributed by atoms with E-state index in [4.69, 9.17) is 0 Å². The van der Waals surface area contributed by atoms with Crippen LogP contribution in [0.15, 0.2) is 83.8 Å². The lowest BCUT2D eigenvalue weighted by Gasteiger charge is -2.31. The Hall–Kier alpha value is -3.05. The number of nitrogens with one attached hydrogen (secondary N) is 1. The van der Waals surface area contributed by atoms with Gasteiger partial charge in [0.1, 0.15) is 6.04 Å². The Morgan fingerprint density at radius 3 is 2.06 bits per heavy atom. The minimum absolute atomic E-state index is 0.0142. The maximum Gasteiger partial charge on any atom is 0.242 e. The number of carbonyl (C=O) groups excluding carboxylic acids is 2. The average molecular weight is 461 g/mol. The van der Waals surface area contributed by atoms with Gasteiger partial charge in [0.25, 0.3) is 0 Å². The average Bonchev–Trinajstić information content (AvgIpc) is 2.83. The molecule has 3 aromatic carbocycles. The lowest BCUT2D eigenvalue weighted by Crippen LogP contribution is -2.49. The van der Waals surface area contributed by atoms with Crippen molar-refractivity contribution in [2.75, 3.05) is 12.8 Å². The number of hydrogen-bond acceptors (Lipinski definition) is 3. The monoisotopic (exact) mass is 460 g/mol. The molecule has 1 N–H and O–H groups in total. The summed E-state index contributed by atoms with van der Waals surface area (Å²) < 4.78 is 0. The molecule has 1 unspecified atom stereocenters. The van der Waals surface area contributed by atoms with E-state index in [-0.39, 0.29) is 11.8 Å². The van der Waals surface area contributed by atoms with E-state index in [1.54, 1.807) is 23.7 Å². The van der Waals surface area contributed by atoms with Crippen molar-refractivity contribution in [3.63, 3.8) is 0 Å². The summed E-state index contributed by atoms with van der Waals surface area (Å²) in [6.07, 6.45) is 0.843. The summed E-state index contributed by atoms with van der Waals surface area (Å²) in [6.45, 7) is 4.50. The summed E-state index contributed by atoms with van der Waals surface area (Å²) in [5, 5.41) is 2.76. The number of amides is 2. The van der Waals surface area contributed by atoms with E-state index in [0.29, 0.717) is 25.1 Å². The van der Waals surface area contributed by atoms with E-state index in [0.717, 1.165) is 16.0 Å². The van der Waals surface area contributed by atoms with Gasteiger partial charge in [0.2, 0.25) is 11.8 Å². The fourth-order valence-electron chi connectivity index (χ4n) is 3.65. The Morgan fingerprint density at radius 2 is 1.45 bits per heavy atom. The van der Waals surface area contributed by atoms with Gasteiger partial charge in [-0.2, -0.15) is 0 Å². The predicted octanol–water partition coefficient (Wildman–Crippen LogP) is 5.17. The van der Waals surface area contributed by atoms with Gasteiger partial charge in [-0.05, 0) is 37.1 Å². The molecule has 1 atom stereocenters. The van der Waals surface area contributed by atoms with E-state index in [1.807, 2.05) is 61.5 Å². The third-order valence-electron chi connectivity index (χ3n) is 5.60. The SMILES string of the molecule is CNC(=O)C(Cc1ccccc1)N(Cc1ccc(C)cc1)C(=O)CCSc1ccc(C)cc1. The number of carbonyl (C=O) groups is 2. The smallest absolute Gasteiger partial charge is 0.242 e. The predicted molar refractivity (Wildman–Crippen MR) is 136 cm³/mol. The molecule has 0 aliphatic rings. The second kappa shape index (κ2) is 12.3. The molecule has 33 heavy (non-hydrogen) atoms. The first-order valence-electron chi connectivity index (χ1n) is 11.3. The first kappa shape index (κ1) is 24.6. The molecule has 0 saturated heterocycles. The van der Waals surface area contributed by atoms with Gasteiger partial charge >= 0.3 is 0 Å². The second-order valence-corrected chi connectivity index (χ2v) is 9.41. The molecule has 0 bridgehead atoms. The molecule has 3 rings (SSSR count). The molecule has 0 aliphatic carbocycles. The summed E-state index contributed by atoms with van der Waals surface area (Å²) in [6, 6.07) is 25.7. The molecule has 0 saturated carbocycles. The maximum atomic E-state index is 13.4. The second-order valence-electron chi connectivity index (χ2n) is 8.24. The third-order valence-corrected chi connectivity index (χ3v) is 6.61. The van der Waals surface area contributed by atoms with Crippen LogP contribution in [0.4, 0.5) is 0 Å². The van der Waals surface area contributed by atoms with Gasteiger partial charge in [-0.15, -0.1) is 11.8 Å². The normalized spacial score (nSPS) is 11.6. The first-order chi connectivity index (χ1) is 16.0. The van der Waals surface area contributed by atoms with Crippen LogP contribution in [0.2, 0.25) is 0 Å². The van der Waals surface area contributed by atoms with Gasteiger partial charge in [0.15, 0.2) is 0 Å². The van der Waals surface area contributed by atoms with E-state index in [1.165, 1.54) is 11.1 Å². The molecule has 3 aromatic rings.